The molecular weight excluding hydrogens is 146 g/mol. The van der Waals surface area contributed by atoms with Crippen LogP contribution in [0, 0.1) is 0 Å². The first kappa shape index (κ1) is 6.04. The summed E-state index contributed by atoms with van der Waals surface area (Å²) in [4.78, 5) is 15.7. The van der Waals surface area contributed by atoms with Crippen LogP contribution in [0.4, 0.5) is 0 Å². The number of hydrogen-bond acceptors (Lipinski definition) is 3. The van der Waals surface area contributed by atoms with Crippen molar-refractivity contribution < 1.29 is 4.79 Å². The van der Waals surface area contributed by atoms with Gasteiger partial charge in [-0.25, -0.2) is 4.98 Å². The van der Waals surface area contributed by atoms with Crippen molar-refractivity contribution in [3.05, 3.63) is 15.6 Å². The SMILES string of the molecule is O=Cc1nc2c(s1)CCC2. The number of carbonyl (C=O) groups is 1. The van der Waals surface area contributed by atoms with Gasteiger partial charge >= 0.3 is 0 Å². The predicted molar refractivity (Wildman–Crippen MR) is 39.5 cm³/mol. The average molecular weight is 153 g/mol. The Morgan fingerprint density at radius 2 is 2.40 bits per heavy atom. The van der Waals surface area contributed by atoms with Gasteiger partial charge in [0, 0.05) is 4.88 Å². The minimum atomic E-state index is 0.643. The van der Waals surface area contributed by atoms with Crippen LogP contribution in [0.2, 0.25) is 0 Å². The van der Waals surface area contributed by atoms with Crippen LogP contribution < -0.4 is 0 Å². The smallest absolute Gasteiger partial charge is 0.178 e. The Kier molecular flexibility index (Phi) is 1.31. The van der Waals surface area contributed by atoms with Crippen LogP contribution in [0.3, 0.4) is 0 Å². The summed E-state index contributed by atoms with van der Waals surface area (Å²) < 4.78 is 0. The van der Waals surface area contributed by atoms with Gasteiger partial charge in [0.25, 0.3) is 0 Å². The fourth-order valence-electron chi connectivity index (χ4n) is 1.26. The number of aldehydes is 1. The van der Waals surface area contributed by atoms with Crippen molar-refractivity contribution in [1.82, 2.24) is 4.98 Å². The topological polar surface area (TPSA) is 30.0 Å². The van der Waals surface area contributed by atoms with E-state index in [1.54, 1.807) is 11.3 Å². The maximum atomic E-state index is 10.3. The van der Waals surface area contributed by atoms with E-state index in [0.29, 0.717) is 5.01 Å². The summed E-state index contributed by atoms with van der Waals surface area (Å²) in [5.41, 5.74) is 1.16. The molecule has 1 aliphatic rings. The number of carbonyl (C=O) groups excluding carboxylic acids is 1. The summed E-state index contributed by atoms with van der Waals surface area (Å²) in [6, 6.07) is 0. The fourth-order valence-corrected chi connectivity index (χ4v) is 2.23. The van der Waals surface area contributed by atoms with Gasteiger partial charge in [-0.1, -0.05) is 0 Å². The first-order chi connectivity index (χ1) is 4.90. The molecule has 0 radical (unpaired) electrons. The van der Waals surface area contributed by atoms with Crippen molar-refractivity contribution in [3.8, 4) is 0 Å². The van der Waals surface area contributed by atoms with Crippen molar-refractivity contribution in [2.24, 2.45) is 0 Å². The summed E-state index contributed by atoms with van der Waals surface area (Å²) in [5, 5.41) is 0.643. The Balaban J connectivity index is 2.46. The van der Waals surface area contributed by atoms with Crippen LogP contribution in [-0.2, 0) is 12.8 Å². The largest absolute Gasteiger partial charge is 0.295 e. The first-order valence-corrected chi connectivity index (χ1v) is 4.15. The highest BCUT2D eigenvalue weighted by Crippen LogP contribution is 2.26. The van der Waals surface area contributed by atoms with Gasteiger partial charge in [0.1, 0.15) is 0 Å². The second kappa shape index (κ2) is 2.16. The quantitative estimate of drug-likeness (QED) is 0.571. The molecule has 0 aliphatic heterocycles. The number of nitrogens with zero attached hydrogens (tertiary/aromatic N) is 1. The molecule has 0 saturated heterocycles. The normalized spacial score (nSPS) is 15.2. The van der Waals surface area contributed by atoms with E-state index in [4.69, 9.17) is 0 Å². The zero-order chi connectivity index (χ0) is 6.97. The van der Waals surface area contributed by atoms with E-state index >= 15 is 0 Å². The van der Waals surface area contributed by atoms with Crippen molar-refractivity contribution in [1.29, 1.82) is 0 Å². The lowest BCUT2D eigenvalue weighted by molar-refractivity contribution is 0.112. The number of rotatable bonds is 1. The molecule has 0 aromatic carbocycles. The molecule has 2 nitrogen and oxygen atoms in total. The maximum Gasteiger partial charge on any atom is 0.178 e. The number of aryl methyl sites for hydroxylation is 2. The maximum absolute atomic E-state index is 10.3. The summed E-state index contributed by atoms with van der Waals surface area (Å²) in [5.74, 6) is 0. The van der Waals surface area contributed by atoms with E-state index in [1.165, 1.54) is 11.3 Å². The van der Waals surface area contributed by atoms with Crippen LogP contribution >= 0.6 is 11.3 Å². The monoisotopic (exact) mass is 153 g/mol. The third-order valence-corrected chi connectivity index (χ3v) is 2.80. The van der Waals surface area contributed by atoms with Crippen LogP contribution in [-0.4, -0.2) is 11.3 Å². The Bertz CT molecular complexity index is 245. The van der Waals surface area contributed by atoms with Crippen LogP contribution in [0.5, 0.6) is 0 Å². The Morgan fingerprint density at radius 3 is 3.10 bits per heavy atom. The van der Waals surface area contributed by atoms with Crippen molar-refractivity contribution >= 4 is 17.6 Å². The van der Waals surface area contributed by atoms with Gasteiger partial charge in [0.05, 0.1) is 5.69 Å². The summed E-state index contributed by atoms with van der Waals surface area (Å²) in [6.45, 7) is 0. The average Bonchev–Trinajstić information content (AvgIpc) is 2.42. The third kappa shape index (κ3) is 0.778. The predicted octanol–water partition coefficient (Wildman–Crippen LogP) is 1.44. The lowest BCUT2D eigenvalue weighted by Gasteiger charge is -1.79. The minimum absolute atomic E-state index is 0.643. The lowest BCUT2D eigenvalue weighted by Crippen LogP contribution is -1.80. The van der Waals surface area contributed by atoms with Crippen molar-refractivity contribution in [2.75, 3.05) is 0 Å². The van der Waals surface area contributed by atoms with E-state index < -0.39 is 0 Å². The van der Waals surface area contributed by atoms with Gasteiger partial charge in [-0.05, 0) is 19.3 Å². The standard InChI is InChI=1S/C7H7NOS/c9-4-7-8-5-2-1-3-6(5)10-7/h4H,1-3H2. The van der Waals surface area contributed by atoms with Gasteiger partial charge in [0.2, 0.25) is 0 Å². The second-order valence-electron chi connectivity index (χ2n) is 2.39. The molecule has 2 rings (SSSR count). The van der Waals surface area contributed by atoms with E-state index in [-0.39, 0.29) is 0 Å². The molecule has 0 N–H and O–H groups in total. The minimum Gasteiger partial charge on any atom is -0.295 e. The molecule has 3 heteroatoms. The molecule has 52 valence electrons. The molecule has 0 spiro atoms. The van der Waals surface area contributed by atoms with Gasteiger partial charge in [-0.2, -0.15) is 0 Å². The zero-order valence-electron chi connectivity index (χ0n) is 5.46. The summed E-state index contributed by atoms with van der Waals surface area (Å²) >= 11 is 1.54. The molecule has 10 heavy (non-hydrogen) atoms. The molecule has 0 atom stereocenters. The highest BCUT2D eigenvalue weighted by atomic mass is 32.1. The van der Waals surface area contributed by atoms with E-state index in [0.717, 1.165) is 24.8 Å². The number of hydrogen-bond donors (Lipinski definition) is 0. The Hall–Kier alpha value is -0.700. The number of aromatic nitrogens is 1. The van der Waals surface area contributed by atoms with Gasteiger partial charge in [0.15, 0.2) is 11.3 Å². The molecule has 1 heterocycles. The van der Waals surface area contributed by atoms with E-state index in [9.17, 15) is 4.79 Å². The fraction of sp³-hybridized carbons (Fsp3) is 0.429. The zero-order valence-corrected chi connectivity index (χ0v) is 6.28. The first-order valence-electron chi connectivity index (χ1n) is 3.34. The van der Waals surface area contributed by atoms with E-state index in [2.05, 4.69) is 4.98 Å². The molecule has 0 saturated carbocycles. The van der Waals surface area contributed by atoms with Crippen molar-refractivity contribution in [2.45, 2.75) is 19.3 Å². The second-order valence-corrected chi connectivity index (χ2v) is 3.51. The Labute approximate surface area is 62.9 Å². The summed E-state index contributed by atoms with van der Waals surface area (Å²) in [7, 11) is 0. The van der Waals surface area contributed by atoms with Crippen LogP contribution in [0.1, 0.15) is 26.8 Å². The molecule has 0 unspecified atom stereocenters. The molecular formula is C7H7NOS. The molecule has 1 aliphatic carbocycles. The molecule has 0 bridgehead atoms. The van der Waals surface area contributed by atoms with Crippen LogP contribution in [0.25, 0.3) is 0 Å². The molecule has 0 fully saturated rings. The van der Waals surface area contributed by atoms with E-state index in [1.807, 2.05) is 0 Å². The molecule has 0 amide bonds. The van der Waals surface area contributed by atoms with Crippen molar-refractivity contribution in [3.63, 3.8) is 0 Å². The lowest BCUT2D eigenvalue weighted by atomic mass is 10.4. The van der Waals surface area contributed by atoms with Gasteiger partial charge < -0.3 is 0 Å². The third-order valence-electron chi connectivity index (χ3n) is 1.71. The van der Waals surface area contributed by atoms with Gasteiger partial charge in [-0.15, -0.1) is 11.3 Å². The number of thiazole rings is 1. The highest BCUT2D eigenvalue weighted by Gasteiger charge is 2.15. The molecule has 1 aromatic rings. The van der Waals surface area contributed by atoms with Gasteiger partial charge in [-0.3, -0.25) is 4.79 Å². The highest BCUT2D eigenvalue weighted by molar-refractivity contribution is 7.13. The Morgan fingerprint density at radius 1 is 1.50 bits per heavy atom. The van der Waals surface area contributed by atoms with Crippen LogP contribution in [0.15, 0.2) is 0 Å². The molecule has 1 aromatic heterocycles. The summed E-state index contributed by atoms with van der Waals surface area (Å²) in [6.07, 6.45) is 4.25. The number of fused-ring (bicyclic) bond motifs is 1.